The monoisotopic (exact) mass is 386 g/mol. The largest absolute Gasteiger partial charge is 0.354 e. The van der Waals surface area contributed by atoms with Gasteiger partial charge in [-0.05, 0) is 35.7 Å². The van der Waals surface area contributed by atoms with Crippen LogP contribution < -0.4 is 5.32 Å². The van der Waals surface area contributed by atoms with Crippen LogP contribution in [0.5, 0.6) is 0 Å². The fourth-order valence-electron chi connectivity index (χ4n) is 3.60. The number of carbonyl (C=O) groups is 3. The fraction of sp³-hybridized carbons (Fsp3) is 0.476. The molecule has 1 aromatic rings. The van der Waals surface area contributed by atoms with Crippen molar-refractivity contribution in [3.63, 3.8) is 0 Å². The van der Waals surface area contributed by atoms with Crippen LogP contribution in [0.2, 0.25) is 0 Å². The maximum Gasteiger partial charge on any atom is 0.293 e. The van der Waals surface area contributed by atoms with Crippen LogP contribution in [0.25, 0.3) is 6.08 Å². The van der Waals surface area contributed by atoms with Crippen molar-refractivity contribution in [2.45, 2.75) is 44.9 Å². The smallest absolute Gasteiger partial charge is 0.293 e. The van der Waals surface area contributed by atoms with Crippen molar-refractivity contribution in [1.29, 1.82) is 0 Å². The van der Waals surface area contributed by atoms with Crippen molar-refractivity contribution >= 4 is 34.9 Å². The standard InChI is InChI=1S/C21H26N2O3S/c24-19(12-11-16-7-3-1-4-8-16)22-13-14-23-20(25)18(27-21(23)26)15-17-9-5-2-6-10-17/h2,5-6,9-10,15-16H,1,3-4,7-8,11-14H2,(H,22,24)/b18-15-. The van der Waals surface area contributed by atoms with Gasteiger partial charge < -0.3 is 5.32 Å². The van der Waals surface area contributed by atoms with Gasteiger partial charge in [0.05, 0.1) is 4.91 Å². The summed E-state index contributed by atoms with van der Waals surface area (Å²) in [5.74, 6) is 0.394. The van der Waals surface area contributed by atoms with Gasteiger partial charge in [-0.3, -0.25) is 19.3 Å². The summed E-state index contributed by atoms with van der Waals surface area (Å²) in [5, 5.41) is 2.56. The minimum absolute atomic E-state index is 0.00683. The van der Waals surface area contributed by atoms with Crippen LogP contribution in [0.4, 0.5) is 4.79 Å². The van der Waals surface area contributed by atoms with Crippen LogP contribution in [0.3, 0.4) is 0 Å². The highest BCUT2D eigenvalue weighted by atomic mass is 32.2. The van der Waals surface area contributed by atoms with Crippen molar-refractivity contribution in [3.05, 3.63) is 40.8 Å². The van der Waals surface area contributed by atoms with E-state index in [1.165, 1.54) is 37.0 Å². The first-order valence-electron chi connectivity index (χ1n) is 9.70. The topological polar surface area (TPSA) is 66.5 Å². The lowest BCUT2D eigenvalue weighted by atomic mass is 9.86. The zero-order chi connectivity index (χ0) is 19.1. The first-order valence-corrected chi connectivity index (χ1v) is 10.5. The van der Waals surface area contributed by atoms with E-state index in [0.29, 0.717) is 23.8 Å². The summed E-state index contributed by atoms with van der Waals surface area (Å²) < 4.78 is 0. The highest BCUT2D eigenvalue weighted by Gasteiger charge is 2.34. The molecule has 0 aromatic heterocycles. The Kier molecular flexibility index (Phi) is 7.10. The molecule has 1 N–H and O–H groups in total. The van der Waals surface area contributed by atoms with Crippen molar-refractivity contribution in [2.75, 3.05) is 13.1 Å². The molecule has 3 rings (SSSR count). The van der Waals surface area contributed by atoms with E-state index in [-0.39, 0.29) is 23.6 Å². The van der Waals surface area contributed by atoms with Gasteiger partial charge in [0.25, 0.3) is 11.1 Å². The average molecular weight is 387 g/mol. The van der Waals surface area contributed by atoms with E-state index in [4.69, 9.17) is 0 Å². The van der Waals surface area contributed by atoms with E-state index in [9.17, 15) is 14.4 Å². The third-order valence-corrected chi connectivity index (χ3v) is 6.04. The minimum Gasteiger partial charge on any atom is -0.354 e. The molecule has 1 aliphatic carbocycles. The van der Waals surface area contributed by atoms with Crippen LogP contribution in [0, 0.1) is 5.92 Å². The lowest BCUT2D eigenvalue weighted by Crippen LogP contribution is -2.37. The first kappa shape index (κ1) is 19.7. The molecule has 1 aromatic carbocycles. The predicted octanol–water partition coefficient (Wildman–Crippen LogP) is 4.20. The number of hydrogen-bond acceptors (Lipinski definition) is 4. The summed E-state index contributed by atoms with van der Waals surface area (Å²) in [7, 11) is 0. The maximum absolute atomic E-state index is 12.4. The molecule has 0 unspecified atom stereocenters. The van der Waals surface area contributed by atoms with Crippen LogP contribution in [-0.2, 0) is 9.59 Å². The second-order valence-corrected chi connectivity index (χ2v) is 8.13. The quantitative estimate of drug-likeness (QED) is 0.713. The number of nitrogens with one attached hydrogen (secondary N) is 1. The van der Waals surface area contributed by atoms with Gasteiger partial charge in [0, 0.05) is 19.5 Å². The van der Waals surface area contributed by atoms with Crippen molar-refractivity contribution < 1.29 is 14.4 Å². The summed E-state index contributed by atoms with van der Waals surface area (Å²) in [6, 6.07) is 9.46. The molecular weight excluding hydrogens is 360 g/mol. The minimum atomic E-state index is -0.287. The Morgan fingerprint density at radius 1 is 1.15 bits per heavy atom. The molecule has 144 valence electrons. The Morgan fingerprint density at radius 2 is 1.89 bits per heavy atom. The number of hydrogen-bond donors (Lipinski definition) is 1. The highest BCUT2D eigenvalue weighted by Crippen LogP contribution is 2.32. The van der Waals surface area contributed by atoms with Gasteiger partial charge in [-0.15, -0.1) is 0 Å². The maximum atomic E-state index is 12.4. The third-order valence-electron chi connectivity index (χ3n) is 5.13. The molecule has 3 amide bonds. The van der Waals surface area contributed by atoms with E-state index >= 15 is 0 Å². The van der Waals surface area contributed by atoms with Crippen molar-refractivity contribution in [2.24, 2.45) is 5.92 Å². The molecule has 0 spiro atoms. The van der Waals surface area contributed by atoms with Crippen LogP contribution in [0.15, 0.2) is 35.2 Å². The van der Waals surface area contributed by atoms with Gasteiger partial charge in [0.15, 0.2) is 0 Å². The molecule has 1 heterocycles. The van der Waals surface area contributed by atoms with Crippen LogP contribution in [-0.4, -0.2) is 35.0 Å². The Bertz CT molecular complexity index is 711. The molecule has 1 saturated heterocycles. The van der Waals surface area contributed by atoms with E-state index in [1.54, 1.807) is 6.08 Å². The zero-order valence-corrected chi connectivity index (χ0v) is 16.3. The molecule has 6 heteroatoms. The van der Waals surface area contributed by atoms with Crippen LogP contribution in [0.1, 0.15) is 50.5 Å². The van der Waals surface area contributed by atoms with Crippen LogP contribution >= 0.6 is 11.8 Å². The Morgan fingerprint density at radius 3 is 2.63 bits per heavy atom. The molecule has 27 heavy (non-hydrogen) atoms. The molecule has 2 aliphatic rings. The van der Waals surface area contributed by atoms with E-state index in [0.717, 1.165) is 23.7 Å². The molecule has 0 atom stereocenters. The third kappa shape index (κ3) is 5.70. The summed E-state index contributed by atoms with van der Waals surface area (Å²) in [5.41, 5.74) is 0.888. The number of amides is 3. The van der Waals surface area contributed by atoms with E-state index in [1.807, 2.05) is 30.3 Å². The molecular formula is C21H26N2O3S. The predicted molar refractivity (Wildman–Crippen MR) is 108 cm³/mol. The first-order chi connectivity index (χ1) is 13.1. The fourth-order valence-corrected chi connectivity index (χ4v) is 4.46. The number of nitrogens with zero attached hydrogens (tertiary/aromatic N) is 1. The van der Waals surface area contributed by atoms with Gasteiger partial charge in [-0.1, -0.05) is 62.4 Å². The molecule has 2 fully saturated rings. The molecule has 5 nitrogen and oxygen atoms in total. The second kappa shape index (κ2) is 9.74. The number of rotatable bonds is 7. The summed E-state index contributed by atoms with van der Waals surface area (Å²) >= 11 is 0.950. The molecule has 1 aliphatic heterocycles. The van der Waals surface area contributed by atoms with Crippen molar-refractivity contribution in [1.82, 2.24) is 10.2 Å². The SMILES string of the molecule is O=C(CCC1CCCCC1)NCCN1C(=O)S/C(=C\c2ccccc2)C1=O. The lowest BCUT2D eigenvalue weighted by Gasteiger charge is -2.21. The Hall–Kier alpha value is -2.08. The molecule has 0 bridgehead atoms. The number of thioether (sulfide) groups is 1. The zero-order valence-electron chi connectivity index (χ0n) is 15.5. The van der Waals surface area contributed by atoms with Crippen molar-refractivity contribution in [3.8, 4) is 0 Å². The molecule has 1 saturated carbocycles. The summed E-state index contributed by atoms with van der Waals surface area (Å²) in [6.07, 6.45) is 9.54. The normalized spacial score (nSPS) is 19.7. The Labute approximate surface area is 164 Å². The molecule has 0 radical (unpaired) electrons. The van der Waals surface area contributed by atoms with Gasteiger partial charge >= 0.3 is 0 Å². The van der Waals surface area contributed by atoms with Gasteiger partial charge in [0.1, 0.15) is 0 Å². The van der Waals surface area contributed by atoms with Gasteiger partial charge in [0.2, 0.25) is 5.91 Å². The van der Waals surface area contributed by atoms with E-state index < -0.39 is 0 Å². The lowest BCUT2D eigenvalue weighted by molar-refractivity contribution is -0.124. The second-order valence-electron chi connectivity index (χ2n) is 7.14. The van der Waals surface area contributed by atoms with Gasteiger partial charge in [-0.2, -0.15) is 0 Å². The Balaban J connectivity index is 1.42. The van der Waals surface area contributed by atoms with E-state index in [2.05, 4.69) is 5.32 Å². The number of benzene rings is 1. The summed E-state index contributed by atoms with van der Waals surface area (Å²) in [4.78, 5) is 38.2. The van der Waals surface area contributed by atoms with Gasteiger partial charge in [-0.25, -0.2) is 0 Å². The number of carbonyl (C=O) groups excluding carboxylic acids is 3. The summed E-state index contributed by atoms with van der Waals surface area (Å²) in [6.45, 7) is 0.520. The highest BCUT2D eigenvalue weighted by molar-refractivity contribution is 8.18. The average Bonchev–Trinajstić information content (AvgIpc) is 2.95. The number of imide groups is 1.